The van der Waals surface area contributed by atoms with E-state index in [9.17, 15) is 8.42 Å². The predicted molar refractivity (Wildman–Crippen MR) is 133 cm³/mol. The Bertz CT molecular complexity index is 1100. The number of rotatable bonds is 8. The summed E-state index contributed by atoms with van der Waals surface area (Å²) in [4.78, 5) is 4.65. The Labute approximate surface area is 200 Å². The van der Waals surface area contributed by atoms with Gasteiger partial charge in [-0.05, 0) is 41.8 Å². The molecule has 0 aliphatic heterocycles. The van der Waals surface area contributed by atoms with Crippen molar-refractivity contribution < 1.29 is 8.42 Å². The lowest BCUT2D eigenvalue weighted by molar-refractivity contribution is 0.597. The van der Waals surface area contributed by atoms with Gasteiger partial charge in [-0.15, -0.1) is 24.0 Å². The highest BCUT2D eigenvalue weighted by Crippen LogP contribution is 2.12. The summed E-state index contributed by atoms with van der Waals surface area (Å²) < 4.78 is 25.0. The van der Waals surface area contributed by atoms with Gasteiger partial charge in [-0.3, -0.25) is 4.68 Å². The Morgan fingerprint density at radius 1 is 1.10 bits per heavy atom. The molecule has 0 radical (unpaired) electrons. The average molecular weight is 554 g/mol. The van der Waals surface area contributed by atoms with Crippen molar-refractivity contribution in [3.05, 3.63) is 83.7 Å². The largest absolute Gasteiger partial charge is 0.357 e. The van der Waals surface area contributed by atoms with Gasteiger partial charge in [-0.2, -0.15) is 5.10 Å². The van der Waals surface area contributed by atoms with E-state index in [1.807, 2.05) is 42.1 Å². The summed E-state index contributed by atoms with van der Waals surface area (Å²) in [6.45, 7) is 4.31. The molecule has 1 aromatic heterocycles. The van der Waals surface area contributed by atoms with Gasteiger partial charge in [0.2, 0.25) is 10.0 Å². The highest BCUT2D eigenvalue weighted by atomic mass is 127. The van der Waals surface area contributed by atoms with E-state index in [-0.39, 0.29) is 28.9 Å². The zero-order valence-electron chi connectivity index (χ0n) is 17.2. The van der Waals surface area contributed by atoms with Crippen LogP contribution in [0.1, 0.15) is 23.6 Å². The van der Waals surface area contributed by atoms with Gasteiger partial charge in [0.25, 0.3) is 0 Å². The molecule has 0 fully saturated rings. The van der Waals surface area contributed by atoms with Crippen molar-refractivity contribution in [2.24, 2.45) is 10.1 Å². The first-order chi connectivity index (χ1) is 14.5. The highest BCUT2D eigenvalue weighted by Gasteiger charge is 2.08. The second kappa shape index (κ2) is 11.8. The molecule has 0 atom stereocenters. The third kappa shape index (κ3) is 7.64. The van der Waals surface area contributed by atoms with Crippen LogP contribution in [0.2, 0.25) is 0 Å². The number of nitrogens with zero attached hydrogens (tertiary/aromatic N) is 3. The van der Waals surface area contributed by atoms with Gasteiger partial charge in [0.1, 0.15) is 0 Å². The van der Waals surface area contributed by atoms with E-state index >= 15 is 0 Å². The van der Waals surface area contributed by atoms with E-state index < -0.39 is 10.0 Å². The minimum absolute atomic E-state index is 0. The van der Waals surface area contributed by atoms with Gasteiger partial charge in [-0.25, -0.2) is 18.5 Å². The SMILES string of the molecule is CCNC(=NCc1cccc(S(N)(=O)=O)c1)NCc1ccccc1Cn1cccn1.I. The average Bonchev–Trinajstić information content (AvgIpc) is 3.24. The number of sulfonamides is 1. The zero-order chi connectivity index (χ0) is 21.4. The summed E-state index contributed by atoms with van der Waals surface area (Å²) in [5.41, 5.74) is 3.08. The number of hydrogen-bond acceptors (Lipinski definition) is 4. The van der Waals surface area contributed by atoms with Crippen molar-refractivity contribution in [2.75, 3.05) is 6.54 Å². The van der Waals surface area contributed by atoms with Crippen molar-refractivity contribution in [3.63, 3.8) is 0 Å². The van der Waals surface area contributed by atoms with Crippen LogP contribution < -0.4 is 15.8 Å². The van der Waals surface area contributed by atoms with Gasteiger partial charge < -0.3 is 10.6 Å². The molecule has 0 aliphatic carbocycles. The second-order valence-electron chi connectivity index (χ2n) is 6.71. The summed E-state index contributed by atoms with van der Waals surface area (Å²) >= 11 is 0. The van der Waals surface area contributed by atoms with E-state index in [0.29, 0.717) is 32.1 Å². The molecule has 3 aromatic rings. The van der Waals surface area contributed by atoms with Crippen LogP contribution in [0, 0.1) is 0 Å². The molecule has 0 aliphatic rings. The smallest absolute Gasteiger partial charge is 0.238 e. The van der Waals surface area contributed by atoms with Crippen LogP contribution in [-0.2, 0) is 29.7 Å². The molecule has 31 heavy (non-hydrogen) atoms. The first-order valence-corrected chi connectivity index (χ1v) is 11.2. The molecular weight excluding hydrogens is 527 g/mol. The Morgan fingerprint density at radius 2 is 1.87 bits per heavy atom. The first kappa shape index (κ1) is 24.8. The number of nitrogens with two attached hydrogens (primary N) is 1. The summed E-state index contributed by atoms with van der Waals surface area (Å²) in [6.07, 6.45) is 3.70. The number of aromatic nitrogens is 2. The Morgan fingerprint density at radius 3 is 2.55 bits per heavy atom. The normalized spacial score (nSPS) is 11.6. The number of aliphatic imine (C=N–C) groups is 1. The summed E-state index contributed by atoms with van der Waals surface area (Å²) in [6, 6.07) is 16.6. The molecule has 8 nitrogen and oxygen atoms in total. The lowest BCUT2D eigenvalue weighted by Gasteiger charge is -2.14. The number of hydrogen-bond donors (Lipinski definition) is 3. The van der Waals surface area contributed by atoms with Crippen molar-refractivity contribution >= 4 is 40.0 Å². The van der Waals surface area contributed by atoms with E-state index in [0.717, 1.165) is 11.1 Å². The Balaban J connectivity index is 0.00000341. The van der Waals surface area contributed by atoms with Crippen molar-refractivity contribution in [3.8, 4) is 0 Å². The monoisotopic (exact) mass is 554 g/mol. The molecule has 0 amide bonds. The molecule has 3 rings (SSSR count). The topological polar surface area (TPSA) is 114 Å². The molecule has 1 heterocycles. The standard InChI is InChI=1S/C21H26N6O2S.HI/c1-2-23-21(24-14-17-7-5-10-20(13-17)30(22,28)29)25-15-18-8-3-4-9-19(18)16-27-12-6-11-26-27;/h3-13H,2,14-16H2,1H3,(H2,22,28,29)(H2,23,24,25);1H. The van der Waals surface area contributed by atoms with Gasteiger partial charge in [0, 0.05) is 25.5 Å². The summed E-state index contributed by atoms with van der Waals surface area (Å²) in [5, 5.41) is 16.0. The van der Waals surface area contributed by atoms with Crippen molar-refractivity contribution in [1.29, 1.82) is 0 Å². The van der Waals surface area contributed by atoms with Crippen LogP contribution in [0.25, 0.3) is 0 Å². The van der Waals surface area contributed by atoms with Crippen LogP contribution in [0.3, 0.4) is 0 Å². The van der Waals surface area contributed by atoms with E-state index in [1.54, 1.807) is 18.3 Å². The van der Waals surface area contributed by atoms with Crippen LogP contribution in [0.4, 0.5) is 0 Å². The van der Waals surface area contributed by atoms with Crippen molar-refractivity contribution in [1.82, 2.24) is 20.4 Å². The highest BCUT2D eigenvalue weighted by molar-refractivity contribution is 14.0. The lowest BCUT2D eigenvalue weighted by atomic mass is 10.1. The molecule has 0 saturated carbocycles. The van der Waals surface area contributed by atoms with Gasteiger partial charge in [0.15, 0.2) is 5.96 Å². The molecule has 10 heteroatoms. The maximum atomic E-state index is 11.5. The molecule has 166 valence electrons. The molecule has 2 aromatic carbocycles. The minimum Gasteiger partial charge on any atom is -0.357 e. The second-order valence-corrected chi connectivity index (χ2v) is 8.27. The van der Waals surface area contributed by atoms with Crippen LogP contribution in [0.5, 0.6) is 0 Å². The lowest BCUT2D eigenvalue weighted by Crippen LogP contribution is -2.37. The van der Waals surface area contributed by atoms with Gasteiger partial charge in [0.05, 0.1) is 18.0 Å². The molecule has 0 bridgehead atoms. The summed E-state index contributed by atoms with van der Waals surface area (Å²) in [5.74, 6) is 0.646. The quantitative estimate of drug-likeness (QED) is 0.225. The third-order valence-electron chi connectivity index (χ3n) is 4.45. The number of guanidine groups is 1. The fourth-order valence-electron chi connectivity index (χ4n) is 2.96. The summed E-state index contributed by atoms with van der Waals surface area (Å²) in [7, 11) is -3.73. The predicted octanol–water partition coefficient (Wildman–Crippen LogP) is 2.45. The van der Waals surface area contributed by atoms with E-state index in [1.165, 1.54) is 11.6 Å². The molecule has 0 unspecified atom stereocenters. The number of benzene rings is 2. The maximum absolute atomic E-state index is 11.5. The molecule has 0 saturated heterocycles. The Hall–Kier alpha value is -2.44. The Kier molecular flexibility index (Phi) is 9.46. The van der Waals surface area contributed by atoms with E-state index in [4.69, 9.17) is 5.14 Å². The number of primary sulfonamides is 1. The van der Waals surface area contributed by atoms with Crippen molar-refractivity contribution in [2.45, 2.75) is 31.5 Å². The van der Waals surface area contributed by atoms with E-state index in [2.05, 4.69) is 32.9 Å². The third-order valence-corrected chi connectivity index (χ3v) is 5.36. The minimum atomic E-state index is -3.73. The van der Waals surface area contributed by atoms with Gasteiger partial charge in [-0.1, -0.05) is 36.4 Å². The first-order valence-electron chi connectivity index (χ1n) is 9.64. The zero-order valence-corrected chi connectivity index (χ0v) is 20.4. The fraction of sp³-hybridized carbons (Fsp3) is 0.238. The maximum Gasteiger partial charge on any atom is 0.238 e. The fourth-order valence-corrected chi connectivity index (χ4v) is 3.55. The van der Waals surface area contributed by atoms with Crippen LogP contribution in [-0.4, -0.2) is 30.7 Å². The van der Waals surface area contributed by atoms with Crippen LogP contribution >= 0.6 is 24.0 Å². The van der Waals surface area contributed by atoms with Gasteiger partial charge >= 0.3 is 0 Å². The number of halogens is 1. The molecular formula is C21H27IN6O2S. The number of nitrogens with one attached hydrogen (secondary N) is 2. The van der Waals surface area contributed by atoms with Crippen LogP contribution in [0.15, 0.2) is 76.9 Å². The molecule has 4 N–H and O–H groups in total. The molecule has 0 spiro atoms.